The molecular weight excluding hydrogens is 368 g/mol. The van der Waals surface area contributed by atoms with Crippen LogP contribution in [0.4, 0.5) is 0 Å². The number of rotatable bonds is 8. The third kappa shape index (κ3) is 6.52. The van der Waals surface area contributed by atoms with Crippen LogP contribution in [0, 0.1) is 5.92 Å². The predicted molar refractivity (Wildman–Crippen MR) is 111 cm³/mol. The zero-order valence-corrected chi connectivity index (χ0v) is 16.8. The molecule has 1 fully saturated rings. The highest BCUT2D eigenvalue weighted by molar-refractivity contribution is 5.91. The Labute approximate surface area is 171 Å². The van der Waals surface area contributed by atoms with Crippen LogP contribution in [-0.2, 0) is 16.0 Å². The molecule has 1 aliphatic heterocycles. The van der Waals surface area contributed by atoms with Crippen molar-refractivity contribution in [1.29, 1.82) is 0 Å². The van der Waals surface area contributed by atoms with Gasteiger partial charge in [0, 0.05) is 32.1 Å². The van der Waals surface area contributed by atoms with Crippen molar-refractivity contribution < 1.29 is 18.7 Å². The second-order valence-corrected chi connectivity index (χ2v) is 7.27. The number of likely N-dealkylation sites (tertiary alicyclic amines) is 1. The number of aryl methyl sites for hydroxylation is 1. The number of nitrogens with zero attached hydrogens (tertiary/aromatic N) is 1. The van der Waals surface area contributed by atoms with E-state index in [1.54, 1.807) is 31.6 Å². The molecular formula is C23H28N2O4. The Balaban J connectivity index is 1.32. The van der Waals surface area contributed by atoms with Crippen LogP contribution >= 0.6 is 0 Å². The molecule has 1 aromatic heterocycles. The number of hydrogen-bond acceptors (Lipinski definition) is 4. The van der Waals surface area contributed by atoms with Gasteiger partial charge in [-0.2, -0.15) is 0 Å². The fourth-order valence-corrected chi connectivity index (χ4v) is 3.40. The quantitative estimate of drug-likeness (QED) is 0.695. The number of amides is 2. The molecule has 1 N–H and O–H groups in total. The second-order valence-electron chi connectivity index (χ2n) is 7.27. The van der Waals surface area contributed by atoms with Crippen LogP contribution in [0.15, 0.2) is 53.2 Å². The minimum Gasteiger partial charge on any atom is -0.497 e. The number of ether oxygens (including phenoxy) is 1. The Morgan fingerprint density at radius 3 is 2.62 bits per heavy atom. The Bertz CT molecular complexity index is 804. The van der Waals surface area contributed by atoms with E-state index in [0.717, 1.165) is 24.2 Å². The molecule has 0 radical (unpaired) electrons. The van der Waals surface area contributed by atoms with Crippen molar-refractivity contribution in [1.82, 2.24) is 10.2 Å². The first kappa shape index (κ1) is 20.7. The van der Waals surface area contributed by atoms with Gasteiger partial charge in [0.2, 0.25) is 11.8 Å². The van der Waals surface area contributed by atoms with E-state index in [0.29, 0.717) is 44.2 Å². The fraction of sp³-hybridized carbons (Fsp3) is 0.391. The summed E-state index contributed by atoms with van der Waals surface area (Å²) in [5.74, 6) is 1.98. The van der Waals surface area contributed by atoms with E-state index in [1.165, 1.54) is 0 Å². The lowest BCUT2D eigenvalue weighted by molar-refractivity contribution is -0.127. The highest BCUT2D eigenvalue weighted by Crippen LogP contribution is 2.17. The van der Waals surface area contributed by atoms with Crippen LogP contribution in [-0.4, -0.2) is 43.5 Å². The molecule has 0 unspecified atom stereocenters. The normalized spacial score (nSPS) is 14.9. The molecule has 0 atom stereocenters. The second kappa shape index (κ2) is 10.5. The van der Waals surface area contributed by atoms with Gasteiger partial charge in [0.05, 0.1) is 13.4 Å². The van der Waals surface area contributed by atoms with Gasteiger partial charge in [0.15, 0.2) is 0 Å². The molecule has 1 aliphatic rings. The average molecular weight is 396 g/mol. The van der Waals surface area contributed by atoms with Crippen LogP contribution in [0.2, 0.25) is 0 Å². The maximum absolute atomic E-state index is 12.2. The first-order chi connectivity index (χ1) is 14.1. The van der Waals surface area contributed by atoms with Crippen molar-refractivity contribution in [2.45, 2.75) is 25.7 Å². The summed E-state index contributed by atoms with van der Waals surface area (Å²) in [5, 5.41) is 3.04. The molecule has 6 heteroatoms. The highest BCUT2D eigenvalue weighted by Gasteiger charge is 2.21. The summed E-state index contributed by atoms with van der Waals surface area (Å²) in [4.78, 5) is 26.2. The molecule has 29 heavy (non-hydrogen) atoms. The Morgan fingerprint density at radius 1 is 1.21 bits per heavy atom. The predicted octanol–water partition coefficient (Wildman–Crippen LogP) is 3.29. The zero-order chi connectivity index (χ0) is 20.5. The maximum atomic E-state index is 12.2. The largest absolute Gasteiger partial charge is 0.497 e. The van der Waals surface area contributed by atoms with E-state index in [4.69, 9.17) is 9.15 Å². The third-order valence-electron chi connectivity index (χ3n) is 5.25. The lowest BCUT2D eigenvalue weighted by Gasteiger charge is -2.31. The van der Waals surface area contributed by atoms with Crippen LogP contribution < -0.4 is 10.1 Å². The fourth-order valence-electron chi connectivity index (χ4n) is 3.40. The number of carbonyl (C=O) groups is 2. The number of nitrogens with one attached hydrogen (secondary N) is 1. The van der Waals surface area contributed by atoms with Gasteiger partial charge in [-0.3, -0.25) is 9.59 Å². The number of benzene rings is 1. The summed E-state index contributed by atoms with van der Waals surface area (Å²) < 4.78 is 10.3. The van der Waals surface area contributed by atoms with Crippen LogP contribution in [0.1, 0.15) is 30.6 Å². The molecule has 0 spiro atoms. The van der Waals surface area contributed by atoms with E-state index in [2.05, 4.69) is 5.32 Å². The van der Waals surface area contributed by atoms with E-state index in [-0.39, 0.29) is 11.8 Å². The Morgan fingerprint density at radius 2 is 1.97 bits per heavy atom. The van der Waals surface area contributed by atoms with E-state index < -0.39 is 0 Å². The number of furan rings is 1. The lowest BCUT2D eigenvalue weighted by Crippen LogP contribution is -2.41. The smallest absolute Gasteiger partial charge is 0.246 e. The summed E-state index contributed by atoms with van der Waals surface area (Å²) in [6.45, 7) is 2.10. The summed E-state index contributed by atoms with van der Waals surface area (Å²) in [5.41, 5.74) is 1.12. The summed E-state index contributed by atoms with van der Waals surface area (Å²) >= 11 is 0. The zero-order valence-electron chi connectivity index (χ0n) is 16.8. The van der Waals surface area contributed by atoms with Crippen LogP contribution in [0.5, 0.6) is 5.75 Å². The van der Waals surface area contributed by atoms with Crippen molar-refractivity contribution in [3.05, 3.63) is 60.1 Å². The van der Waals surface area contributed by atoms with Crippen molar-refractivity contribution in [3.8, 4) is 5.75 Å². The number of carbonyl (C=O) groups excluding carboxylic acids is 2. The Hall–Kier alpha value is -3.02. The lowest BCUT2D eigenvalue weighted by atomic mass is 9.96. The van der Waals surface area contributed by atoms with Gasteiger partial charge in [0.25, 0.3) is 0 Å². The van der Waals surface area contributed by atoms with Crippen molar-refractivity contribution in [2.75, 3.05) is 26.7 Å². The maximum Gasteiger partial charge on any atom is 0.246 e. The molecule has 0 aliphatic carbocycles. The van der Waals surface area contributed by atoms with E-state index in [1.807, 2.05) is 35.2 Å². The molecule has 3 rings (SSSR count). The van der Waals surface area contributed by atoms with Gasteiger partial charge in [0.1, 0.15) is 11.5 Å². The third-order valence-corrected chi connectivity index (χ3v) is 5.25. The Kier molecular flexibility index (Phi) is 7.50. The standard InChI is InChI=1S/C23H28N2O4/c1-28-20-7-4-18(5-8-20)6-10-22(26)24-17-19-12-14-25(15-13-19)23(27)11-9-21-3-2-16-29-21/h2-5,7-9,11,16,19H,6,10,12-15,17H2,1H3,(H,24,26). The number of methoxy groups -OCH3 is 1. The van der Waals surface area contributed by atoms with Crippen molar-refractivity contribution >= 4 is 17.9 Å². The average Bonchev–Trinajstić information content (AvgIpc) is 3.29. The van der Waals surface area contributed by atoms with E-state index >= 15 is 0 Å². The summed E-state index contributed by atoms with van der Waals surface area (Å²) in [7, 11) is 1.64. The van der Waals surface area contributed by atoms with Gasteiger partial charge in [-0.05, 0) is 61.1 Å². The minimum atomic E-state index is 0.00313. The molecule has 2 aromatic rings. The minimum absolute atomic E-state index is 0.00313. The highest BCUT2D eigenvalue weighted by atomic mass is 16.5. The SMILES string of the molecule is COc1ccc(CCC(=O)NCC2CCN(C(=O)C=Cc3ccco3)CC2)cc1. The monoisotopic (exact) mass is 396 g/mol. The van der Waals surface area contributed by atoms with Gasteiger partial charge < -0.3 is 19.4 Å². The van der Waals surface area contributed by atoms with Crippen LogP contribution in [0.25, 0.3) is 6.08 Å². The molecule has 1 saturated heterocycles. The van der Waals surface area contributed by atoms with Gasteiger partial charge in [-0.1, -0.05) is 12.1 Å². The van der Waals surface area contributed by atoms with Crippen molar-refractivity contribution in [3.63, 3.8) is 0 Å². The van der Waals surface area contributed by atoms with Crippen LogP contribution in [0.3, 0.4) is 0 Å². The van der Waals surface area contributed by atoms with Gasteiger partial charge in [-0.15, -0.1) is 0 Å². The van der Waals surface area contributed by atoms with Crippen molar-refractivity contribution in [2.24, 2.45) is 5.92 Å². The summed E-state index contributed by atoms with van der Waals surface area (Å²) in [6, 6.07) is 11.4. The molecule has 2 heterocycles. The van der Waals surface area contributed by atoms with Gasteiger partial charge >= 0.3 is 0 Å². The molecule has 154 valence electrons. The molecule has 6 nitrogen and oxygen atoms in total. The molecule has 2 amide bonds. The molecule has 0 bridgehead atoms. The van der Waals surface area contributed by atoms with Gasteiger partial charge in [-0.25, -0.2) is 0 Å². The van der Waals surface area contributed by atoms with E-state index in [9.17, 15) is 9.59 Å². The summed E-state index contributed by atoms with van der Waals surface area (Å²) in [6.07, 6.45) is 7.82. The first-order valence-electron chi connectivity index (χ1n) is 10.0. The topological polar surface area (TPSA) is 71.8 Å². The number of piperidine rings is 1. The first-order valence-corrected chi connectivity index (χ1v) is 10.0. The molecule has 0 saturated carbocycles. The molecule has 1 aromatic carbocycles. The number of hydrogen-bond donors (Lipinski definition) is 1.